The number of benzene rings is 1. The van der Waals surface area contributed by atoms with Gasteiger partial charge in [0.15, 0.2) is 0 Å². The molecule has 0 atom stereocenters. The minimum atomic E-state index is -0.358. The van der Waals surface area contributed by atoms with Gasteiger partial charge in [-0.1, -0.05) is 31.5 Å². The molecule has 0 heterocycles. The van der Waals surface area contributed by atoms with Crippen LogP contribution in [0.15, 0.2) is 18.2 Å². The molecule has 20 heavy (non-hydrogen) atoms. The predicted octanol–water partition coefficient (Wildman–Crippen LogP) is 5.05. The van der Waals surface area contributed by atoms with Crippen LogP contribution in [-0.2, 0) is 11.2 Å². The van der Waals surface area contributed by atoms with E-state index in [0.29, 0.717) is 17.4 Å². The number of rotatable bonds is 4. The Kier molecular flexibility index (Phi) is 5.20. The van der Waals surface area contributed by atoms with Crippen LogP contribution in [-0.4, -0.2) is 5.78 Å². The summed E-state index contributed by atoms with van der Waals surface area (Å²) in [5.41, 5.74) is 0.740. The number of hydrogen-bond donors (Lipinski definition) is 0. The number of hydrogen-bond acceptors (Lipinski definition) is 1. The van der Waals surface area contributed by atoms with Gasteiger partial charge in [-0.2, -0.15) is 0 Å². The van der Waals surface area contributed by atoms with Crippen LogP contribution in [0.5, 0.6) is 0 Å². The van der Waals surface area contributed by atoms with Crippen molar-refractivity contribution in [1.82, 2.24) is 0 Å². The number of halogens is 2. The molecule has 3 heteroatoms. The fraction of sp³-hybridized carbons (Fsp3) is 0.588. The van der Waals surface area contributed by atoms with E-state index >= 15 is 0 Å². The molecule has 110 valence electrons. The van der Waals surface area contributed by atoms with Crippen molar-refractivity contribution in [2.45, 2.75) is 46.0 Å². The molecule has 1 fully saturated rings. The molecule has 1 saturated carbocycles. The average Bonchev–Trinajstić information content (AvgIpc) is 2.42. The number of ketones is 1. The molecule has 0 spiro atoms. The van der Waals surface area contributed by atoms with Gasteiger partial charge in [0.25, 0.3) is 0 Å². The first-order valence-corrected chi connectivity index (χ1v) is 7.81. The lowest BCUT2D eigenvalue weighted by molar-refractivity contribution is -0.123. The molecule has 1 aliphatic carbocycles. The second kappa shape index (κ2) is 6.71. The van der Waals surface area contributed by atoms with E-state index < -0.39 is 0 Å². The molecule has 0 N–H and O–H groups in total. The third-order valence-electron chi connectivity index (χ3n) is 4.55. The Balaban J connectivity index is 1.93. The Morgan fingerprint density at radius 1 is 1.30 bits per heavy atom. The summed E-state index contributed by atoms with van der Waals surface area (Å²) in [6.07, 6.45) is 4.59. The summed E-state index contributed by atoms with van der Waals surface area (Å²) >= 11 is 5.99. The van der Waals surface area contributed by atoms with Gasteiger partial charge in [0.2, 0.25) is 0 Å². The average molecular weight is 297 g/mol. The van der Waals surface area contributed by atoms with Gasteiger partial charge in [-0.25, -0.2) is 4.39 Å². The summed E-state index contributed by atoms with van der Waals surface area (Å²) in [5, 5.41) is 0.356. The summed E-state index contributed by atoms with van der Waals surface area (Å²) in [4.78, 5) is 12.3. The molecule has 1 aromatic rings. The van der Waals surface area contributed by atoms with Crippen molar-refractivity contribution >= 4 is 17.4 Å². The zero-order chi connectivity index (χ0) is 14.7. The van der Waals surface area contributed by atoms with E-state index in [1.54, 1.807) is 6.07 Å². The molecule has 1 aromatic carbocycles. The van der Waals surface area contributed by atoms with Crippen molar-refractivity contribution in [2.75, 3.05) is 0 Å². The van der Waals surface area contributed by atoms with Gasteiger partial charge in [-0.05, 0) is 55.2 Å². The van der Waals surface area contributed by atoms with E-state index in [9.17, 15) is 9.18 Å². The van der Waals surface area contributed by atoms with Gasteiger partial charge in [0.1, 0.15) is 11.6 Å². The topological polar surface area (TPSA) is 17.1 Å². The second-order valence-corrected chi connectivity index (χ2v) is 6.64. The van der Waals surface area contributed by atoms with Gasteiger partial charge in [-0.15, -0.1) is 0 Å². The Labute approximate surface area is 125 Å². The van der Waals surface area contributed by atoms with Crippen molar-refractivity contribution in [3.8, 4) is 0 Å². The van der Waals surface area contributed by atoms with Gasteiger partial charge < -0.3 is 0 Å². The van der Waals surface area contributed by atoms with Gasteiger partial charge in [0.05, 0.1) is 0 Å². The highest BCUT2D eigenvalue weighted by molar-refractivity contribution is 6.31. The zero-order valence-electron chi connectivity index (χ0n) is 12.2. The number of Topliss-reactive ketones (excluding diaryl/α,β-unsaturated/α-hetero) is 1. The predicted molar refractivity (Wildman–Crippen MR) is 80.4 cm³/mol. The Hall–Kier alpha value is -0.890. The van der Waals surface area contributed by atoms with Crippen LogP contribution in [0.3, 0.4) is 0 Å². The van der Waals surface area contributed by atoms with Crippen molar-refractivity contribution < 1.29 is 9.18 Å². The lowest BCUT2D eigenvalue weighted by Crippen LogP contribution is -2.25. The Morgan fingerprint density at radius 3 is 2.50 bits per heavy atom. The van der Waals surface area contributed by atoms with Crippen LogP contribution in [0.25, 0.3) is 0 Å². The smallest absolute Gasteiger partial charge is 0.140 e. The van der Waals surface area contributed by atoms with Gasteiger partial charge >= 0.3 is 0 Å². The quantitative estimate of drug-likeness (QED) is 0.759. The number of carbonyl (C=O) groups is 1. The molecular formula is C17H22ClFO. The summed E-state index contributed by atoms with van der Waals surface area (Å²) in [7, 11) is 0. The first-order valence-electron chi connectivity index (χ1n) is 7.44. The monoisotopic (exact) mass is 296 g/mol. The lowest BCUT2D eigenvalue weighted by atomic mass is 9.75. The highest BCUT2D eigenvalue weighted by Gasteiger charge is 2.27. The van der Waals surface area contributed by atoms with E-state index in [-0.39, 0.29) is 17.5 Å². The molecule has 0 unspecified atom stereocenters. The summed E-state index contributed by atoms with van der Waals surface area (Å²) < 4.78 is 13.0. The van der Waals surface area contributed by atoms with Crippen molar-refractivity contribution in [2.24, 2.45) is 17.8 Å². The maximum atomic E-state index is 13.0. The van der Waals surface area contributed by atoms with Crippen LogP contribution in [0.4, 0.5) is 4.39 Å². The fourth-order valence-corrected chi connectivity index (χ4v) is 3.34. The molecule has 0 saturated heterocycles. The van der Waals surface area contributed by atoms with E-state index in [1.165, 1.54) is 12.1 Å². The summed E-state index contributed by atoms with van der Waals surface area (Å²) in [6, 6.07) is 4.26. The van der Waals surface area contributed by atoms with Crippen LogP contribution < -0.4 is 0 Å². The Morgan fingerprint density at radius 2 is 1.95 bits per heavy atom. The maximum absolute atomic E-state index is 13.0. The lowest BCUT2D eigenvalue weighted by Gasteiger charge is -2.30. The van der Waals surface area contributed by atoms with Gasteiger partial charge in [0, 0.05) is 17.4 Å². The molecule has 0 amide bonds. The third-order valence-corrected chi connectivity index (χ3v) is 4.90. The molecule has 2 rings (SSSR count). The molecule has 0 aliphatic heterocycles. The first-order chi connectivity index (χ1) is 9.47. The summed E-state index contributed by atoms with van der Waals surface area (Å²) in [6.45, 7) is 4.51. The minimum Gasteiger partial charge on any atom is -0.299 e. The normalized spacial score (nSPS) is 23.1. The molecule has 0 aromatic heterocycles. The molecule has 0 radical (unpaired) electrons. The fourth-order valence-electron chi connectivity index (χ4n) is 3.10. The SMILES string of the molecule is CC(C)C1CCC(C(=O)Cc2ccc(F)cc2Cl)CC1. The maximum Gasteiger partial charge on any atom is 0.140 e. The standard InChI is InChI=1S/C17H22ClFO/c1-11(2)12-3-5-13(6-4-12)17(20)9-14-7-8-15(19)10-16(14)18/h7-8,10-13H,3-6,9H2,1-2H3. The van der Waals surface area contributed by atoms with Crippen molar-refractivity contribution in [3.05, 3.63) is 34.6 Å². The van der Waals surface area contributed by atoms with E-state index in [1.807, 2.05) is 0 Å². The van der Waals surface area contributed by atoms with E-state index in [4.69, 9.17) is 11.6 Å². The molecule has 1 nitrogen and oxygen atoms in total. The molecule has 0 bridgehead atoms. The molecule has 1 aliphatic rings. The van der Waals surface area contributed by atoms with E-state index in [0.717, 1.165) is 37.2 Å². The van der Waals surface area contributed by atoms with Crippen LogP contribution in [0.1, 0.15) is 45.1 Å². The van der Waals surface area contributed by atoms with Crippen LogP contribution >= 0.6 is 11.6 Å². The zero-order valence-corrected chi connectivity index (χ0v) is 12.9. The van der Waals surface area contributed by atoms with Crippen molar-refractivity contribution in [3.63, 3.8) is 0 Å². The Bertz CT molecular complexity index is 476. The highest BCUT2D eigenvalue weighted by Crippen LogP contribution is 2.34. The van der Waals surface area contributed by atoms with E-state index in [2.05, 4.69) is 13.8 Å². The van der Waals surface area contributed by atoms with Crippen molar-refractivity contribution in [1.29, 1.82) is 0 Å². The largest absolute Gasteiger partial charge is 0.299 e. The van der Waals surface area contributed by atoms with Crippen LogP contribution in [0, 0.1) is 23.6 Å². The minimum absolute atomic E-state index is 0.158. The highest BCUT2D eigenvalue weighted by atomic mass is 35.5. The van der Waals surface area contributed by atoms with Gasteiger partial charge in [-0.3, -0.25) is 4.79 Å². The molecular weight excluding hydrogens is 275 g/mol. The summed E-state index contributed by atoms with van der Waals surface area (Å²) in [5.74, 6) is 1.52. The second-order valence-electron chi connectivity index (χ2n) is 6.23. The third kappa shape index (κ3) is 3.82. The first kappa shape index (κ1) is 15.5. The van der Waals surface area contributed by atoms with Crippen LogP contribution in [0.2, 0.25) is 5.02 Å². The number of carbonyl (C=O) groups excluding carboxylic acids is 1.